The molecule has 0 aliphatic carbocycles. The molecule has 76 heavy (non-hydrogen) atoms. The predicted octanol–water partition coefficient (Wildman–Crippen LogP) is 11.4. The van der Waals surface area contributed by atoms with Gasteiger partial charge in [0.25, 0.3) is 0 Å². The van der Waals surface area contributed by atoms with Crippen LogP contribution in [0.15, 0.2) is 0 Å². The normalized spacial score (nSPS) is 23.8. The van der Waals surface area contributed by atoms with Gasteiger partial charge in [0, 0.05) is 112 Å². The van der Waals surface area contributed by atoms with Crippen LogP contribution >= 0.6 is 10.5 Å². The Labute approximate surface area is 479 Å². The fraction of sp³-hybridized carbons (Fsp3) is 0.984. The molecular weight excluding hydrogens is 979 g/mol. The fourth-order valence-electron chi connectivity index (χ4n) is 10.9. The third-order valence-corrected chi connectivity index (χ3v) is 20.4. The Morgan fingerprint density at radius 1 is 0.329 bits per heavy atom. The number of likely N-dealkylation sites (tertiary alicyclic amines) is 5. The Bertz CT molecular complexity index is 1370. The molecule has 0 atom stereocenters. The minimum atomic E-state index is -2.69. The standard InChI is InChI=1S/C9H19N.C8H18N2.C8H17NS.3C8H17N.C7H15NO2S.C7H15N/c2*1-8(2)10-6-4-9(3)5-7-10;1-8(2)9-4-6-10(3)7-5-9;3*1-8(2)9-6-4-3-5-7-9;1-7(2)8-3-5-11(9,10)6-4-8;1-7(2)8-5-3-4-6-8/h8-9H,4-7H2,1-3H3;8H,4-7H2,1-3H3;8H,3-7H2,1-2H3;3*8H,3-7H2,1-2H3;7H,3-6H2,1-2H3;7H,3-6H2,1-2H3. The van der Waals surface area contributed by atoms with Crippen molar-refractivity contribution in [3.8, 4) is 0 Å². The highest BCUT2D eigenvalue weighted by molar-refractivity contribution is 8.14. The van der Waals surface area contributed by atoms with Gasteiger partial charge in [0.1, 0.15) is 0 Å². The van der Waals surface area contributed by atoms with E-state index < -0.39 is 9.84 Å². The molecule has 0 spiro atoms. The minimum Gasteiger partial charge on any atom is -0.304 e. The van der Waals surface area contributed by atoms with E-state index in [1.807, 2.05) is 0 Å². The van der Waals surface area contributed by atoms with Crippen molar-refractivity contribution in [2.24, 2.45) is 5.92 Å². The van der Waals surface area contributed by atoms with Crippen molar-refractivity contribution in [1.29, 1.82) is 0 Å². The summed E-state index contributed by atoms with van der Waals surface area (Å²) in [5.74, 6) is 8.37. The second kappa shape index (κ2) is 42.6. The zero-order valence-corrected chi connectivity index (χ0v) is 55.9. The van der Waals surface area contributed by atoms with E-state index >= 15 is 0 Å². The second-order valence-electron chi connectivity index (χ2n) is 26.1. The summed E-state index contributed by atoms with van der Waals surface area (Å²) in [6, 6.07) is 5.78. The Kier molecular flexibility index (Phi) is 41.4. The average molecular weight is 1110 g/mol. The van der Waals surface area contributed by atoms with E-state index in [0.717, 1.165) is 48.2 Å². The van der Waals surface area contributed by atoms with Crippen molar-refractivity contribution < 1.29 is 8.42 Å². The van der Waals surface area contributed by atoms with Crippen LogP contribution in [-0.2, 0) is 9.84 Å². The van der Waals surface area contributed by atoms with Crippen LogP contribution in [0.25, 0.3) is 0 Å². The van der Waals surface area contributed by atoms with E-state index in [9.17, 15) is 8.42 Å². The van der Waals surface area contributed by atoms with E-state index in [2.05, 4.69) is 175 Å². The largest absolute Gasteiger partial charge is 0.304 e. The summed E-state index contributed by atoms with van der Waals surface area (Å²) in [7, 11) is -0.0178. The van der Waals surface area contributed by atoms with E-state index in [1.165, 1.54) is 200 Å². The fourth-order valence-corrected chi connectivity index (χ4v) is 13.3. The zero-order valence-electron chi connectivity index (χ0n) is 54.3. The molecule has 0 radical (unpaired) electrons. The van der Waals surface area contributed by atoms with Crippen LogP contribution < -0.4 is 0 Å². The Morgan fingerprint density at radius 2 is 0.553 bits per heavy atom. The molecule has 8 rings (SSSR count). The lowest BCUT2D eigenvalue weighted by molar-refractivity contribution is 0.126. The third-order valence-electron chi connectivity index (χ3n) is 17.2. The number of sulfone groups is 1. The van der Waals surface area contributed by atoms with Crippen molar-refractivity contribution in [3.05, 3.63) is 0 Å². The van der Waals surface area contributed by atoms with Crippen molar-refractivity contribution in [3.63, 3.8) is 0 Å². The molecule has 8 aliphatic rings. The maximum atomic E-state index is 11.0. The van der Waals surface area contributed by atoms with E-state index in [1.54, 1.807) is 0 Å². The van der Waals surface area contributed by atoms with Crippen molar-refractivity contribution in [2.75, 3.05) is 148 Å². The number of likely N-dealkylation sites (N-methyl/N-ethyl adjacent to an activating group) is 1. The summed E-state index contributed by atoms with van der Waals surface area (Å²) >= 11 is 0. The van der Waals surface area contributed by atoms with Crippen LogP contribution in [0.4, 0.5) is 0 Å². The number of hydrogen-bond acceptors (Lipinski definition) is 11. The topological polar surface area (TPSA) is 63.3 Å². The van der Waals surface area contributed by atoms with Gasteiger partial charge in [-0.15, -0.1) is 0 Å². The highest BCUT2D eigenvalue weighted by atomic mass is 32.2. The van der Waals surface area contributed by atoms with E-state index in [4.69, 9.17) is 0 Å². The summed E-state index contributed by atoms with van der Waals surface area (Å²) in [5.41, 5.74) is 0. The lowest BCUT2D eigenvalue weighted by atomic mass is 9.98. The van der Waals surface area contributed by atoms with Gasteiger partial charge in [0.05, 0.1) is 11.5 Å². The average Bonchev–Trinajstić information content (AvgIpc) is 3.95. The predicted molar refractivity (Wildman–Crippen MR) is 343 cm³/mol. The molecule has 8 heterocycles. The van der Waals surface area contributed by atoms with Crippen LogP contribution in [-0.4, -0.2) is 255 Å². The van der Waals surface area contributed by atoms with Gasteiger partial charge in [-0.3, -0.25) is 14.7 Å². The summed E-state index contributed by atoms with van der Waals surface area (Å²) in [5, 5.41) is 0. The molecule has 0 unspecified atom stereocenters. The number of piperidine rings is 4. The molecule has 0 aromatic rings. The lowest BCUT2D eigenvalue weighted by Gasteiger charge is -2.34. The van der Waals surface area contributed by atoms with Gasteiger partial charge >= 0.3 is 0 Å². The highest BCUT2D eigenvalue weighted by Gasteiger charge is 2.23. The highest BCUT2D eigenvalue weighted by Crippen LogP contribution is 2.19. The zero-order chi connectivity index (χ0) is 57.2. The van der Waals surface area contributed by atoms with Gasteiger partial charge in [-0.1, -0.05) is 32.1 Å². The molecule has 11 nitrogen and oxygen atoms in total. The smallest absolute Gasteiger partial charge is 0.152 e. The van der Waals surface area contributed by atoms with Gasteiger partial charge in [0.2, 0.25) is 0 Å². The van der Waals surface area contributed by atoms with Crippen LogP contribution in [0.5, 0.6) is 0 Å². The van der Waals surface area contributed by atoms with Gasteiger partial charge in [-0.05, 0) is 253 Å². The van der Waals surface area contributed by atoms with Gasteiger partial charge in [0.15, 0.2) is 9.84 Å². The quantitative estimate of drug-likeness (QED) is 0.218. The Balaban J connectivity index is 0.000000435. The summed E-state index contributed by atoms with van der Waals surface area (Å²) in [6.45, 7) is 60.6. The number of rotatable bonds is 8. The van der Waals surface area contributed by atoms with Gasteiger partial charge in [-0.2, -0.15) is 10.5 Å². The number of nitrogens with zero attached hydrogens (tertiary/aromatic N) is 9. The van der Waals surface area contributed by atoms with Crippen LogP contribution in [0.2, 0.25) is 0 Å². The van der Waals surface area contributed by atoms with E-state index in [0.29, 0.717) is 41.1 Å². The molecule has 0 aromatic heterocycles. The maximum absolute atomic E-state index is 11.0. The molecule has 0 aromatic carbocycles. The molecule has 0 bridgehead atoms. The van der Waals surface area contributed by atoms with Crippen molar-refractivity contribution >= 4 is 26.2 Å². The Hall–Kier alpha value is -0.190. The molecule has 8 fully saturated rings. The van der Waals surface area contributed by atoms with Gasteiger partial charge in [-0.25, -0.2) is 8.42 Å². The summed E-state index contributed by atoms with van der Waals surface area (Å²) in [4.78, 5) is 22.4. The summed E-state index contributed by atoms with van der Waals surface area (Å²) in [6.07, 6.45) is 18.5. The molecule has 8 saturated heterocycles. The number of piperazine rings is 1. The minimum absolute atomic E-state index is 0.338. The van der Waals surface area contributed by atoms with Crippen molar-refractivity contribution in [2.45, 2.75) is 250 Å². The molecule has 0 amide bonds. The molecule has 0 saturated carbocycles. The molecule has 456 valence electrons. The second-order valence-corrected chi connectivity index (χ2v) is 30.4. The molecule has 13 heteroatoms. The first-order valence-corrected chi connectivity index (χ1v) is 35.7. The maximum Gasteiger partial charge on any atom is 0.152 e. The Morgan fingerprint density at radius 3 is 0.816 bits per heavy atom. The SMILES string of the molecule is C=S1CCN(C(C)C)CC1.CC(C)N1CCCC1.CC(C)N1CCCCC1.CC(C)N1CCCCC1.CC(C)N1CCCCC1.CC(C)N1CCN(C)CC1.CC(C)N1CCS(=O)(=O)CC1.CC1CCN(C(C)C)CC1. The molecular formula is C63H135N9O2S2. The summed E-state index contributed by atoms with van der Waals surface area (Å²) < 4.78 is 22.0. The first kappa shape index (κ1) is 73.8. The van der Waals surface area contributed by atoms with E-state index in [-0.39, 0.29) is 0 Å². The van der Waals surface area contributed by atoms with Crippen LogP contribution in [0, 0.1) is 5.92 Å². The molecule has 8 aliphatic heterocycles. The van der Waals surface area contributed by atoms with Gasteiger partial charge < -0.3 is 29.4 Å². The molecule has 0 N–H and O–H groups in total. The number of hydrogen-bond donors (Lipinski definition) is 0. The first-order chi connectivity index (χ1) is 35.8. The van der Waals surface area contributed by atoms with Crippen LogP contribution in [0.1, 0.15) is 201 Å². The third kappa shape index (κ3) is 35.6. The van der Waals surface area contributed by atoms with Crippen LogP contribution in [0.3, 0.4) is 0 Å². The van der Waals surface area contributed by atoms with Crippen molar-refractivity contribution in [1.82, 2.24) is 44.1 Å². The lowest BCUT2D eigenvalue weighted by Crippen LogP contribution is -2.47. The monoisotopic (exact) mass is 1110 g/mol. The first-order valence-electron chi connectivity index (χ1n) is 32.1.